The quantitative estimate of drug-likeness (QED) is 0.745. The van der Waals surface area contributed by atoms with Crippen LogP contribution in [0, 0.1) is 13.8 Å². The highest BCUT2D eigenvalue weighted by atomic mass is 16.6. The maximum atomic E-state index is 5.60. The third kappa shape index (κ3) is 2.01. The van der Waals surface area contributed by atoms with Gasteiger partial charge in [0.1, 0.15) is 19.0 Å². The molecular formula is C16H15N3O2. The minimum absolute atomic E-state index is 0.580. The van der Waals surface area contributed by atoms with Crippen LogP contribution in [0.25, 0.3) is 22.4 Å². The number of rotatable bonds is 1. The van der Waals surface area contributed by atoms with Crippen LogP contribution in [0.3, 0.4) is 0 Å². The Kier molecular flexibility index (Phi) is 2.60. The Labute approximate surface area is 121 Å². The number of imidazole rings is 1. The fourth-order valence-corrected chi connectivity index (χ4v) is 2.61. The van der Waals surface area contributed by atoms with E-state index in [2.05, 4.69) is 15.0 Å². The molecule has 3 aromatic rings. The van der Waals surface area contributed by atoms with Gasteiger partial charge >= 0.3 is 0 Å². The van der Waals surface area contributed by atoms with Crippen LogP contribution in [-0.4, -0.2) is 28.2 Å². The Bertz CT molecular complexity index is 796. The summed E-state index contributed by atoms with van der Waals surface area (Å²) in [5.41, 5.74) is 4.79. The predicted molar refractivity (Wildman–Crippen MR) is 79.8 cm³/mol. The minimum Gasteiger partial charge on any atom is -0.486 e. The highest BCUT2D eigenvalue weighted by Gasteiger charge is 2.16. The molecule has 5 nitrogen and oxygen atoms in total. The van der Waals surface area contributed by atoms with Gasteiger partial charge in [0, 0.05) is 29.1 Å². The molecule has 0 spiro atoms. The molecular weight excluding hydrogens is 266 g/mol. The van der Waals surface area contributed by atoms with E-state index in [-0.39, 0.29) is 0 Å². The largest absolute Gasteiger partial charge is 0.486 e. The summed E-state index contributed by atoms with van der Waals surface area (Å²) in [7, 11) is 0. The lowest BCUT2D eigenvalue weighted by atomic mass is 10.2. The standard InChI is InChI=1S/C16H15N3O2/c1-9-3-4-11(10(2)17-9)16-18-12-7-14-15(8-13(12)19-16)21-6-5-20-14/h3-4,7-8H,5-6H2,1-2H3,(H,18,19). The second-order valence-corrected chi connectivity index (χ2v) is 5.18. The van der Waals surface area contributed by atoms with Crippen molar-refractivity contribution in [3.63, 3.8) is 0 Å². The number of ether oxygens (including phenoxy) is 2. The van der Waals surface area contributed by atoms with E-state index in [0.29, 0.717) is 13.2 Å². The van der Waals surface area contributed by atoms with E-state index in [1.165, 1.54) is 0 Å². The van der Waals surface area contributed by atoms with E-state index >= 15 is 0 Å². The first-order chi connectivity index (χ1) is 10.2. The summed E-state index contributed by atoms with van der Waals surface area (Å²) in [4.78, 5) is 12.5. The average molecular weight is 281 g/mol. The zero-order valence-corrected chi connectivity index (χ0v) is 11.9. The molecule has 0 aliphatic carbocycles. The summed E-state index contributed by atoms with van der Waals surface area (Å²) < 4.78 is 11.2. The Morgan fingerprint density at radius 3 is 2.52 bits per heavy atom. The number of fused-ring (bicyclic) bond motifs is 2. The Morgan fingerprint density at radius 1 is 1.00 bits per heavy atom. The smallest absolute Gasteiger partial charge is 0.163 e. The molecule has 5 heteroatoms. The lowest BCUT2D eigenvalue weighted by Crippen LogP contribution is -2.15. The molecule has 1 aliphatic heterocycles. The molecule has 1 aliphatic rings. The first kappa shape index (κ1) is 12.2. The number of H-pyrrole nitrogens is 1. The monoisotopic (exact) mass is 281 g/mol. The molecule has 0 saturated heterocycles. The molecule has 1 aromatic carbocycles. The number of benzene rings is 1. The number of aromatic nitrogens is 3. The molecule has 0 radical (unpaired) electrons. The predicted octanol–water partition coefficient (Wildman–Crippen LogP) is 3.01. The third-order valence-electron chi connectivity index (χ3n) is 3.63. The van der Waals surface area contributed by atoms with Crippen LogP contribution < -0.4 is 9.47 Å². The van der Waals surface area contributed by atoms with Gasteiger partial charge in [-0.25, -0.2) is 4.98 Å². The molecule has 0 amide bonds. The number of hydrogen-bond acceptors (Lipinski definition) is 4. The van der Waals surface area contributed by atoms with E-state index in [0.717, 1.165) is 45.3 Å². The van der Waals surface area contributed by atoms with Crippen LogP contribution in [0.5, 0.6) is 11.5 Å². The Morgan fingerprint density at radius 2 is 1.76 bits per heavy atom. The van der Waals surface area contributed by atoms with Gasteiger partial charge in [0.05, 0.1) is 11.0 Å². The van der Waals surface area contributed by atoms with E-state index in [1.54, 1.807) is 0 Å². The Balaban J connectivity index is 1.86. The van der Waals surface area contributed by atoms with Gasteiger partial charge in [-0.3, -0.25) is 4.98 Å². The van der Waals surface area contributed by atoms with E-state index in [9.17, 15) is 0 Å². The molecule has 0 unspecified atom stereocenters. The topological polar surface area (TPSA) is 60.0 Å². The maximum absolute atomic E-state index is 5.60. The highest BCUT2D eigenvalue weighted by molar-refractivity contribution is 5.83. The van der Waals surface area contributed by atoms with Gasteiger partial charge in [0.15, 0.2) is 11.5 Å². The fraction of sp³-hybridized carbons (Fsp3) is 0.250. The summed E-state index contributed by atoms with van der Waals surface area (Å²) >= 11 is 0. The fourth-order valence-electron chi connectivity index (χ4n) is 2.61. The zero-order valence-electron chi connectivity index (χ0n) is 11.9. The number of aryl methyl sites for hydroxylation is 2. The second-order valence-electron chi connectivity index (χ2n) is 5.18. The van der Waals surface area contributed by atoms with Crippen molar-refractivity contribution in [3.05, 3.63) is 35.7 Å². The molecule has 1 N–H and O–H groups in total. The van der Waals surface area contributed by atoms with Crippen molar-refractivity contribution >= 4 is 11.0 Å². The normalized spacial score (nSPS) is 13.6. The van der Waals surface area contributed by atoms with Crippen molar-refractivity contribution in [1.29, 1.82) is 0 Å². The molecule has 2 aromatic heterocycles. The van der Waals surface area contributed by atoms with Gasteiger partial charge in [0.25, 0.3) is 0 Å². The minimum atomic E-state index is 0.580. The van der Waals surface area contributed by atoms with E-state index in [4.69, 9.17) is 9.47 Å². The molecule has 0 saturated carbocycles. The summed E-state index contributed by atoms with van der Waals surface area (Å²) in [6.45, 7) is 5.14. The number of pyridine rings is 1. The third-order valence-corrected chi connectivity index (χ3v) is 3.63. The highest BCUT2D eigenvalue weighted by Crippen LogP contribution is 2.34. The van der Waals surface area contributed by atoms with Gasteiger partial charge in [-0.15, -0.1) is 0 Å². The number of nitrogens with one attached hydrogen (secondary N) is 1. The number of nitrogens with zero attached hydrogens (tertiary/aromatic N) is 2. The lowest BCUT2D eigenvalue weighted by Gasteiger charge is -2.17. The molecule has 0 bridgehead atoms. The summed E-state index contributed by atoms with van der Waals surface area (Å²) in [5, 5.41) is 0. The van der Waals surface area contributed by atoms with Crippen LogP contribution >= 0.6 is 0 Å². The van der Waals surface area contributed by atoms with Crippen LogP contribution in [0.1, 0.15) is 11.4 Å². The first-order valence-corrected chi connectivity index (χ1v) is 6.95. The molecule has 106 valence electrons. The Hall–Kier alpha value is -2.56. The average Bonchev–Trinajstić information content (AvgIpc) is 2.87. The van der Waals surface area contributed by atoms with Crippen molar-refractivity contribution in [2.24, 2.45) is 0 Å². The van der Waals surface area contributed by atoms with Crippen LogP contribution in [0.15, 0.2) is 24.3 Å². The summed E-state index contributed by atoms with van der Waals surface area (Å²) in [6, 6.07) is 7.90. The first-order valence-electron chi connectivity index (χ1n) is 6.95. The van der Waals surface area contributed by atoms with Crippen molar-refractivity contribution < 1.29 is 9.47 Å². The van der Waals surface area contributed by atoms with Crippen molar-refractivity contribution in [2.75, 3.05) is 13.2 Å². The van der Waals surface area contributed by atoms with Gasteiger partial charge in [0.2, 0.25) is 0 Å². The van der Waals surface area contributed by atoms with Gasteiger partial charge in [-0.1, -0.05) is 0 Å². The van der Waals surface area contributed by atoms with Gasteiger partial charge < -0.3 is 14.5 Å². The molecule has 0 fully saturated rings. The molecule has 21 heavy (non-hydrogen) atoms. The van der Waals surface area contributed by atoms with Gasteiger partial charge in [-0.2, -0.15) is 0 Å². The summed E-state index contributed by atoms with van der Waals surface area (Å²) in [6.07, 6.45) is 0. The summed E-state index contributed by atoms with van der Waals surface area (Å²) in [5.74, 6) is 2.34. The number of aromatic amines is 1. The van der Waals surface area contributed by atoms with Crippen molar-refractivity contribution in [2.45, 2.75) is 13.8 Å². The molecule has 3 heterocycles. The van der Waals surface area contributed by atoms with Crippen LogP contribution in [0.4, 0.5) is 0 Å². The lowest BCUT2D eigenvalue weighted by molar-refractivity contribution is 0.172. The van der Waals surface area contributed by atoms with Crippen LogP contribution in [-0.2, 0) is 0 Å². The van der Waals surface area contributed by atoms with Crippen molar-refractivity contribution in [1.82, 2.24) is 15.0 Å². The second kappa shape index (κ2) is 4.48. The van der Waals surface area contributed by atoms with Crippen LogP contribution in [0.2, 0.25) is 0 Å². The SMILES string of the molecule is Cc1ccc(-c2nc3cc4c(cc3[nH]2)OCCO4)c(C)n1. The van der Waals surface area contributed by atoms with E-state index in [1.807, 2.05) is 38.1 Å². The van der Waals surface area contributed by atoms with Gasteiger partial charge in [-0.05, 0) is 26.0 Å². The van der Waals surface area contributed by atoms with E-state index < -0.39 is 0 Å². The van der Waals surface area contributed by atoms with Crippen molar-refractivity contribution in [3.8, 4) is 22.9 Å². The number of hydrogen-bond donors (Lipinski definition) is 1. The maximum Gasteiger partial charge on any atom is 0.163 e. The molecule has 4 rings (SSSR count). The zero-order chi connectivity index (χ0) is 14.4. The molecule has 0 atom stereocenters.